The number of aromatic nitrogens is 2. The smallest absolute Gasteiger partial charge is 0.269 e. The van der Waals surface area contributed by atoms with Gasteiger partial charge in [0.25, 0.3) is 11.8 Å². The molecule has 1 aliphatic rings. The minimum Gasteiger partial charge on any atom is -0.364 e. The first-order chi connectivity index (χ1) is 12.1. The van der Waals surface area contributed by atoms with Crippen molar-refractivity contribution >= 4 is 33.2 Å². The van der Waals surface area contributed by atoms with E-state index in [4.69, 9.17) is 5.73 Å². The fraction of sp³-hybridized carbons (Fsp3) is 0.278. The van der Waals surface area contributed by atoms with Crippen LogP contribution in [0.25, 0.3) is 10.1 Å². The van der Waals surface area contributed by atoms with Crippen LogP contribution in [0.15, 0.2) is 36.4 Å². The first kappa shape index (κ1) is 15.8. The second kappa shape index (κ2) is 6.33. The number of likely N-dealkylation sites (tertiary alicyclic amines) is 1. The molecule has 0 aliphatic carbocycles. The van der Waals surface area contributed by atoms with Crippen molar-refractivity contribution < 1.29 is 9.59 Å². The molecule has 3 N–H and O–H groups in total. The highest BCUT2D eigenvalue weighted by Gasteiger charge is 2.31. The molecule has 6 nitrogen and oxygen atoms in total. The van der Waals surface area contributed by atoms with Crippen LogP contribution < -0.4 is 5.73 Å². The molecule has 1 saturated heterocycles. The second-order valence-corrected chi connectivity index (χ2v) is 7.32. The number of hydrogen-bond donors (Lipinski definition) is 2. The Balaban J connectivity index is 1.65. The molecule has 1 aromatic carbocycles. The van der Waals surface area contributed by atoms with Crippen LogP contribution in [0.4, 0.5) is 0 Å². The highest BCUT2D eigenvalue weighted by Crippen LogP contribution is 2.34. The summed E-state index contributed by atoms with van der Waals surface area (Å²) in [5, 5.41) is 7.92. The van der Waals surface area contributed by atoms with Gasteiger partial charge >= 0.3 is 0 Å². The summed E-state index contributed by atoms with van der Waals surface area (Å²) in [6.07, 6.45) is 2.85. The first-order valence-electron chi connectivity index (χ1n) is 8.28. The molecule has 3 heterocycles. The van der Waals surface area contributed by atoms with Crippen LogP contribution in [0.2, 0.25) is 0 Å². The number of nitrogens with zero attached hydrogens (tertiary/aromatic N) is 2. The van der Waals surface area contributed by atoms with Crippen LogP contribution in [-0.4, -0.2) is 33.5 Å². The predicted octanol–water partition coefficient (Wildman–Crippen LogP) is 3.09. The summed E-state index contributed by atoms with van der Waals surface area (Å²) in [5.74, 6) is -0.540. The average Bonchev–Trinajstić information content (AvgIpc) is 3.28. The standard InChI is InChI=1S/C18H18N4O2S/c19-17(23)13-10-12(20-21-13)14-6-3-4-8-22(14)18(24)16-9-11-5-1-2-7-15(11)25-16/h1-2,5,7,9-10,14H,3-4,6,8H2,(H2,19,23)(H,20,21). The topological polar surface area (TPSA) is 92.1 Å². The Morgan fingerprint density at radius 1 is 1.24 bits per heavy atom. The number of primary amides is 1. The third-order valence-corrected chi connectivity index (χ3v) is 5.71. The van der Waals surface area contributed by atoms with E-state index in [0.29, 0.717) is 6.54 Å². The minimum absolute atomic E-state index is 0.0288. The van der Waals surface area contributed by atoms with Gasteiger partial charge in [-0.3, -0.25) is 14.7 Å². The third kappa shape index (κ3) is 2.91. The lowest BCUT2D eigenvalue weighted by molar-refractivity contribution is 0.0611. The zero-order valence-electron chi connectivity index (χ0n) is 13.6. The van der Waals surface area contributed by atoms with Gasteiger partial charge in [-0.05, 0) is 42.8 Å². The number of carbonyl (C=O) groups excluding carboxylic acids is 2. The maximum absolute atomic E-state index is 13.1. The first-order valence-corrected chi connectivity index (χ1v) is 9.10. The third-order valence-electron chi connectivity index (χ3n) is 4.61. The lowest BCUT2D eigenvalue weighted by Crippen LogP contribution is -2.38. The van der Waals surface area contributed by atoms with E-state index in [1.54, 1.807) is 6.07 Å². The van der Waals surface area contributed by atoms with Crippen LogP contribution in [-0.2, 0) is 0 Å². The summed E-state index contributed by atoms with van der Waals surface area (Å²) in [6.45, 7) is 0.697. The number of thiophene rings is 1. The normalized spacial score (nSPS) is 17.8. The number of aromatic amines is 1. The van der Waals surface area contributed by atoms with Crippen molar-refractivity contribution in [3.05, 3.63) is 52.7 Å². The number of amides is 2. The number of hydrogen-bond acceptors (Lipinski definition) is 4. The van der Waals surface area contributed by atoms with Crippen molar-refractivity contribution in [3.63, 3.8) is 0 Å². The van der Waals surface area contributed by atoms with Gasteiger partial charge in [-0.1, -0.05) is 18.2 Å². The van der Waals surface area contributed by atoms with Crippen LogP contribution in [0.1, 0.15) is 51.2 Å². The number of fused-ring (bicyclic) bond motifs is 1. The maximum atomic E-state index is 13.1. The van der Waals surface area contributed by atoms with Crippen molar-refractivity contribution in [3.8, 4) is 0 Å². The minimum atomic E-state index is -0.569. The molecular formula is C18H18N4O2S. The van der Waals surface area contributed by atoms with Crippen LogP contribution >= 0.6 is 11.3 Å². The molecule has 1 fully saturated rings. The molecule has 0 bridgehead atoms. The van der Waals surface area contributed by atoms with E-state index in [-0.39, 0.29) is 17.6 Å². The van der Waals surface area contributed by atoms with E-state index in [9.17, 15) is 9.59 Å². The van der Waals surface area contributed by atoms with Gasteiger partial charge in [0, 0.05) is 11.2 Å². The Morgan fingerprint density at radius 3 is 2.84 bits per heavy atom. The lowest BCUT2D eigenvalue weighted by Gasteiger charge is -2.34. The van der Waals surface area contributed by atoms with E-state index in [2.05, 4.69) is 10.2 Å². The average molecular weight is 354 g/mol. The van der Waals surface area contributed by atoms with Gasteiger partial charge in [0.05, 0.1) is 16.6 Å². The van der Waals surface area contributed by atoms with Gasteiger partial charge in [0.2, 0.25) is 0 Å². The van der Waals surface area contributed by atoms with E-state index in [0.717, 1.165) is 39.9 Å². The molecule has 25 heavy (non-hydrogen) atoms. The number of piperidine rings is 1. The number of carbonyl (C=O) groups is 2. The Labute approximate surface area is 148 Å². The molecule has 4 rings (SSSR count). The lowest BCUT2D eigenvalue weighted by atomic mass is 9.98. The zero-order chi connectivity index (χ0) is 17.4. The molecule has 1 aliphatic heterocycles. The summed E-state index contributed by atoms with van der Waals surface area (Å²) in [5.41, 5.74) is 6.26. The highest BCUT2D eigenvalue weighted by atomic mass is 32.1. The predicted molar refractivity (Wildman–Crippen MR) is 96.6 cm³/mol. The van der Waals surface area contributed by atoms with Crippen LogP contribution in [0.5, 0.6) is 0 Å². The van der Waals surface area contributed by atoms with Crippen molar-refractivity contribution in [1.29, 1.82) is 0 Å². The molecule has 0 spiro atoms. The molecule has 1 unspecified atom stereocenters. The van der Waals surface area contributed by atoms with Gasteiger partial charge in [-0.2, -0.15) is 5.10 Å². The van der Waals surface area contributed by atoms with Crippen molar-refractivity contribution in [2.24, 2.45) is 5.73 Å². The summed E-state index contributed by atoms with van der Waals surface area (Å²) >= 11 is 1.52. The number of rotatable bonds is 3. The quantitative estimate of drug-likeness (QED) is 0.757. The fourth-order valence-corrected chi connectivity index (χ4v) is 4.38. The van der Waals surface area contributed by atoms with E-state index in [1.807, 2.05) is 35.2 Å². The number of H-pyrrole nitrogens is 1. The highest BCUT2D eigenvalue weighted by molar-refractivity contribution is 7.20. The summed E-state index contributed by atoms with van der Waals surface area (Å²) in [4.78, 5) is 27.0. The molecule has 128 valence electrons. The maximum Gasteiger partial charge on any atom is 0.269 e. The van der Waals surface area contributed by atoms with Crippen LogP contribution in [0, 0.1) is 0 Å². The fourth-order valence-electron chi connectivity index (χ4n) is 3.36. The Bertz CT molecular complexity index is 912. The molecule has 0 saturated carbocycles. The number of nitrogens with one attached hydrogen (secondary N) is 1. The Hall–Kier alpha value is -2.67. The van der Waals surface area contributed by atoms with Crippen molar-refractivity contribution in [1.82, 2.24) is 15.1 Å². The molecule has 1 atom stereocenters. The van der Waals surface area contributed by atoms with E-state index >= 15 is 0 Å². The van der Waals surface area contributed by atoms with E-state index in [1.165, 1.54) is 11.3 Å². The number of benzene rings is 1. The van der Waals surface area contributed by atoms with Gasteiger partial charge in [0.1, 0.15) is 5.69 Å². The van der Waals surface area contributed by atoms with Crippen LogP contribution in [0.3, 0.4) is 0 Å². The molecule has 7 heteroatoms. The van der Waals surface area contributed by atoms with Gasteiger partial charge in [0.15, 0.2) is 0 Å². The second-order valence-electron chi connectivity index (χ2n) is 6.23. The van der Waals surface area contributed by atoms with E-state index < -0.39 is 5.91 Å². The molecule has 0 radical (unpaired) electrons. The largest absolute Gasteiger partial charge is 0.364 e. The molecule has 2 amide bonds. The van der Waals surface area contributed by atoms with Gasteiger partial charge in [-0.25, -0.2) is 0 Å². The van der Waals surface area contributed by atoms with Crippen molar-refractivity contribution in [2.75, 3.05) is 6.54 Å². The summed E-state index contributed by atoms with van der Waals surface area (Å²) in [6, 6.07) is 11.5. The van der Waals surface area contributed by atoms with Crippen molar-refractivity contribution in [2.45, 2.75) is 25.3 Å². The SMILES string of the molecule is NC(=O)c1cc(C2CCCCN2C(=O)c2cc3ccccc3s2)[nH]n1. The number of nitrogens with two attached hydrogens (primary N) is 1. The molecular weight excluding hydrogens is 336 g/mol. The Kier molecular flexibility index (Phi) is 4.01. The molecule has 3 aromatic rings. The zero-order valence-corrected chi connectivity index (χ0v) is 14.4. The van der Waals surface area contributed by atoms with Gasteiger partial charge < -0.3 is 10.6 Å². The summed E-state index contributed by atoms with van der Waals surface area (Å²) in [7, 11) is 0. The van der Waals surface area contributed by atoms with Gasteiger partial charge in [-0.15, -0.1) is 11.3 Å². The summed E-state index contributed by atoms with van der Waals surface area (Å²) < 4.78 is 1.11. The monoisotopic (exact) mass is 354 g/mol. The Morgan fingerprint density at radius 2 is 2.08 bits per heavy atom. The molecule has 2 aromatic heterocycles.